The minimum absolute atomic E-state index is 0.0117. The molecule has 150 valence electrons. The Kier molecular flexibility index (Phi) is 4.89. The van der Waals surface area contributed by atoms with Crippen LogP contribution in [0.15, 0.2) is 69.6 Å². The zero-order chi connectivity index (χ0) is 21.3. The number of ether oxygens (including phenoxy) is 1. The maximum atomic E-state index is 12.8. The molecule has 0 atom stereocenters. The minimum atomic E-state index is -0.872. The monoisotopic (exact) mass is 404 g/mol. The normalized spacial score (nSPS) is 15.6. The van der Waals surface area contributed by atoms with Crippen LogP contribution in [0.5, 0.6) is 5.75 Å². The van der Waals surface area contributed by atoms with E-state index in [1.807, 2.05) is 6.07 Å². The quantitative estimate of drug-likeness (QED) is 0.529. The highest BCUT2D eigenvalue weighted by Crippen LogP contribution is 2.21. The van der Waals surface area contributed by atoms with E-state index in [4.69, 9.17) is 9.15 Å². The number of fused-ring (bicyclic) bond motifs is 1. The Hall–Kier alpha value is -4.20. The predicted molar refractivity (Wildman–Crippen MR) is 108 cm³/mol. The van der Waals surface area contributed by atoms with E-state index in [1.54, 1.807) is 36.4 Å². The fourth-order valence-corrected chi connectivity index (χ4v) is 3.11. The Bertz CT molecular complexity index is 1260. The maximum absolute atomic E-state index is 12.8. The number of imide groups is 2. The molecule has 0 bridgehead atoms. The molecule has 1 aliphatic rings. The highest BCUT2D eigenvalue weighted by molar-refractivity contribution is 6.31. The largest absolute Gasteiger partial charge is 0.497 e. The minimum Gasteiger partial charge on any atom is -0.497 e. The lowest BCUT2D eigenvalue weighted by Gasteiger charge is -2.26. The van der Waals surface area contributed by atoms with Crippen LogP contribution in [0.4, 0.5) is 4.79 Å². The zero-order valence-corrected chi connectivity index (χ0v) is 15.9. The first kappa shape index (κ1) is 19.1. The smallest absolute Gasteiger partial charge is 0.331 e. The Morgan fingerprint density at radius 3 is 2.57 bits per heavy atom. The van der Waals surface area contributed by atoms with E-state index >= 15 is 0 Å². The van der Waals surface area contributed by atoms with Crippen LogP contribution in [-0.2, 0) is 16.1 Å². The van der Waals surface area contributed by atoms with Gasteiger partial charge in [-0.15, -0.1) is 0 Å². The molecule has 4 rings (SSSR count). The first-order chi connectivity index (χ1) is 14.5. The Balaban J connectivity index is 1.72. The van der Waals surface area contributed by atoms with E-state index in [0.717, 1.165) is 17.2 Å². The van der Waals surface area contributed by atoms with Crippen LogP contribution < -0.4 is 15.5 Å². The highest BCUT2D eigenvalue weighted by Gasteiger charge is 2.35. The topological polar surface area (TPSA) is 106 Å². The molecular formula is C22H16N2O6. The molecule has 8 nitrogen and oxygen atoms in total. The van der Waals surface area contributed by atoms with Gasteiger partial charge in [0, 0.05) is 6.07 Å². The summed E-state index contributed by atoms with van der Waals surface area (Å²) >= 11 is 0. The molecule has 4 amide bonds. The number of carbonyl (C=O) groups is 3. The molecule has 2 heterocycles. The molecule has 30 heavy (non-hydrogen) atoms. The number of urea groups is 1. The number of nitrogens with zero attached hydrogens (tertiary/aromatic N) is 1. The highest BCUT2D eigenvalue weighted by atomic mass is 16.5. The molecule has 0 saturated carbocycles. The van der Waals surface area contributed by atoms with Crippen molar-refractivity contribution in [1.29, 1.82) is 0 Å². The van der Waals surface area contributed by atoms with Crippen LogP contribution in [0.25, 0.3) is 17.0 Å². The van der Waals surface area contributed by atoms with Crippen molar-refractivity contribution < 1.29 is 23.5 Å². The average Bonchev–Trinajstić information content (AvgIpc) is 2.76. The van der Waals surface area contributed by atoms with Crippen LogP contribution >= 0.6 is 0 Å². The fraction of sp³-hybridized carbons (Fsp3) is 0.0909. The number of carbonyl (C=O) groups excluding carboxylic acids is 3. The Labute approximate surface area is 170 Å². The molecule has 0 radical (unpaired) electrons. The van der Waals surface area contributed by atoms with Gasteiger partial charge < -0.3 is 9.15 Å². The number of hydrogen-bond acceptors (Lipinski definition) is 6. The molecular weight excluding hydrogens is 388 g/mol. The number of hydrogen-bond donors (Lipinski definition) is 1. The van der Waals surface area contributed by atoms with Crippen molar-refractivity contribution in [1.82, 2.24) is 10.2 Å². The van der Waals surface area contributed by atoms with Gasteiger partial charge in [-0.05, 0) is 23.8 Å². The van der Waals surface area contributed by atoms with Crippen molar-refractivity contribution in [3.8, 4) is 5.75 Å². The number of barbiturate groups is 1. The molecule has 2 aromatic carbocycles. The number of methoxy groups -OCH3 is 1. The van der Waals surface area contributed by atoms with E-state index in [1.165, 1.54) is 13.2 Å². The summed E-state index contributed by atoms with van der Waals surface area (Å²) in [5.41, 5.74) is 0.292. The molecule has 1 fully saturated rings. The molecule has 3 aromatic rings. The molecule has 1 N–H and O–H groups in total. The number of amides is 4. The Morgan fingerprint density at radius 1 is 1.07 bits per heavy atom. The maximum Gasteiger partial charge on any atom is 0.331 e. The van der Waals surface area contributed by atoms with Crippen molar-refractivity contribution >= 4 is 34.9 Å². The van der Waals surface area contributed by atoms with Crippen molar-refractivity contribution in [2.45, 2.75) is 6.54 Å². The number of nitrogens with one attached hydrogen (secondary N) is 1. The molecule has 8 heteroatoms. The second-order valence-electron chi connectivity index (χ2n) is 6.58. The molecule has 0 spiro atoms. The van der Waals surface area contributed by atoms with Gasteiger partial charge in [0.2, 0.25) is 0 Å². The first-order valence-electron chi connectivity index (χ1n) is 9.00. The van der Waals surface area contributed by atoms with Crippen molar-refractivity contribution in [2.24, 2.45) is 0 Å². The van der Waals surface area contributed by atoms with E-state index in [-0.39, 0.29) is 23.1 Å². The van der Waals surface area contributed by atoms with Crippen LogP contribution in [0.3, 0.4) is 0 Å². The summed E-state index contributed by atoms with van der Waals surface area (Å²) in [6.45, 7) is -0.0117. The van der Waals surface area contributed by atoms with Gasteiger partial charge in [-0.3, -0.25) is 24.6 Å². The third kappa shape index (κ3) is 3.46. The standard InChI is InChI=1S/C22H16N2O6/c1-29-15-7-8-16-18(10-15)30-12-14(19(16)25)9-17-20(26)23-22(28)24(21(17)27)11-13-5-3-2-4-6-13/h2-10,12H,11H2,1H3,(H,23,26,28)/b17-9+. The molecule has 0 unspecified atom stereocenters. The number of rotatable bonds is 4. The van der Waals surface area contributed by atoms with Gasteiger partial charge in [-0.1, -0.05) is 30.3 Å². The SMILES string of the molecule is COc1ccc2c(=O)c(/C=C3\C(=O)NC(=O)N(Cc4ccccc4)C3=O)coc2c1. The van der Waals surface area contributed by atoms with Gasteiger partial charge in [-0.25, -0.2) is 4.79 Å². The summed E-state index contributed by atoms with van der Waals surface area (Å²) in [5, 5.41) is 2.40. The first-order valence-corrected chi connectivity index (χ1v) is 9.00. The molecule has 1 aliphatic heterocycles. The lowest BCUT2D eigenvalue weighted by Crippen LogP contribution is -2.53. The third-order valence-corrected chi connectivity index (χ3v) is 4.68. The van der Waals surface area contributed by atoms with E-state index < -0.39 is 23.3 Å². The lowest BCUT2D eigenvalue weighted by atomic mass is 10.1. The average molecular weight is 404 g/mol. The van der Waals surface area contributed by atoms with Crippen LogP contribution in [0, 0.1) is 0 Å². The zero-order valence-electron chi connectivity index (χ0n) is 15.9. The Morgan fingerprint density at radius 2 is 1.83 bits per heavy atom. The third-order valence-electron chi connectivity index (χ3n) is 4.68. The summed E-state index contributed by atoms with van der Waals surface area (Å²) in [4.78, 5) is 51.0. The predicted octanol–water partition coefficient (Wildman–Crippen LogP) is 2.46. The van der Waals surface area contributed by atoms with Gasteiger partial charge in [0.1, 0.15) is 23.2 Å². The van der Waals surface area contributed by atoms with Crippen molar-refractivity contribution in [2.75, 3.05) is 7.11 Å². The van der Waals surface area contributed by atoms with Gasteiger partial charge in [0.05, 0.1) is 24.6 Å². The van der Waals surface area contributed by atoms with Crippen LogP contribution in [-0.4, -0.2) is 29.9 Å². The molecule has 1 aromatic heterocycles. The van der Waals surface area contributed by atoms with Crippen molar-refractivity contribution in [3.05, 3.63) is 81.7 Å². The summed E-state index contributed by atoms with van der Waals surface area (Å²) in [6, 6.07) is 12.8. The lowest BCUT2D eigenvalue weighted by molar-refractivity contribution is -0.130. The summed E-state index contributed by atoms with van der Waals surface area (Å²) < 4.78 is 10.6. The van der Waals surface area contributed by atoms with Crippen LogP contribution in [0.2, 0.25) is 0 Å². The molecule has 1 saturated heterocycles. The van der Waals surface area contributed by atoms with Gasteiger partial charge >= 0.3 is 6.03 Å². The number of benzene rings is 2. The summed E-state index contributed by atoms with van der Waals surface area (Å²) in [7, 11) is 1.49. The second-order valence-corrected chi connectivity index (χ2v) is 6.58. The van der Waals surface area contributed by atoms with Crippen molar-refractivity contribution in [3.63, 3.8) is 0 Å². The van der Waals surface area contributed by atoms with E-state index in [9.17, 15) is 19.2 Å². The summed E-state index contributed by atoms with van der Waals surface area (Å²) in [5.74, 6) is -1.14. The molecule has 0 aliphatic carbocycles. The van der Waals surface area contributed by atoms with Gasteiger partial charge in [0.25, 0.3) is 11.8 Å². The van der Waals surface area contributed by atoms with Gasteiger partial charge in [0.15, 0.2) is 5.43 Å². The van der Waals surface area contributed by atoms with Crippen LogP contribution in [0.1, 0.15) is 11.1 Å². The van der Waals surface area contributed by atoms with Gasteiger partial charge in [-0.2, -0.15) is 0 Å². The van der Waals surface area contributed by atoms with E-state index in [2.05, 4.69) is 5.32 Å². The van der Waals surface area contributed by atoms with E-state index in [0.29, 0.717) is 16.9 Å². The second kappa shape index (κ2) is 7.67. The summed E-state index contributed by atoms with van der Waals surface area (Å²) in [6.07, 6.45) is 2.30. The fourth-order valence-electron chi connectivity index (χ4n) is 3.11.